The molecule has 4 rings (SSSR count). The highest BCUT2D eigenvalue weighted by Crippen LogP contribution is 2.65. The molecule has 4 aliphatic rings. The maximum Gasteiger partial charge on any atom is 0.245 e. The molecule has 192 valence electrons. The lowest BCUT2D eigenvalue weighted by Gasteiger charge is -2.38. The molecule has 0 saturated carbocycles. The Morgan fingerprint density at radius 3 is 2.50 bits per heavy atom. The van der Waals surface area contributed by atoms with Crippen molar-refractivity contribution in [2.24, 2.45) is 23.7 Å². The van der Waals surface area contributed by atoms with Crippen LogP contribution in [0.2, 0.25) is 0 Å². The van der Waals surface area contributed by atoms with Gasteiger partial charge in [0, 0.05) is 33.2 Å². The fourth-order valence-corrected chi connectivity index (χ4v) is 6.77. The summed E-state index contributed by atoms with van der Waals surface area (Å²) in [5, 5.41) is 16.0. The van der Waals surface area contributed by atoms with Crippen LogP contribution in [0.4, 0.5) is 0 Å². The minimum atomic E-state index is -1.09. The summed E-state index contributed by atoms with van der Waals surface area (Å²) >= 11 is 0. The number of rotatable bonds is 8. The zero-order valence-corrected chi connectivity index (χ0v) is 21.0. The standard InChI is InChI=1S/C24H40N4O6/c1-14(2)16(13-29)28-19(21(31)26-6-7-27-8-10-33-11-9-27)24-12-15(3)23(4,34-24)17(20(30)25-5)18(24)22(28)32/h14-19,29H,6-13H2,1-5H3,(H,25,30)(H,26,31)/t15?,16-,17-,18-,19?,23+,24?/m0/s1. The lowest BCUT2D eigenvalue weighted by atomic mass is 9.62. The summed E-state index contributed by atoms with van der Waals surface area (Å²) in [5.41, 5.74) is -1.92. The summed E-state index contributed by atoms with van der Waals surface area (Å²) in [6, 6.07) is -1.44. The van der Waals surface area contributed by atoms with E-state index >= 15 is 0 Å². The van der Waals surface area contributed by atoms with Crippen molar-refractivity contribution in [3.8, 4) is 0 Å². The van der Waals surface area contributed by atoms with Gasteiger partial charge in [-0.3, -0.25) is 19.3 Å². The van der Waals surface area contributed by atoms with E-state index in [9.17, 15) is 19.5 Å². The molecule has 1 spiro atoms. The fraction of sp³-hybridized carbons (Fsp3) is 0.875. The summed E-state index contributed by atoms with van der Waals surface area (Å²) in [6.07, 6.45) is 0.516. The minimum absolute atomic E-state index is 0.00548. The molecule has 10 heteroatoms. The number of nitrogens with zero attached hydrogens (tertiary/aromatic N) is 2. The molecule has 4 heterocycles. The molecule has 34 heavy (non-hydrogen) atoms. The van der Waals surface area contributed by atoms with Crippen LogP contribution in [0.1, 0.15) is 34.1 Å². The van der Waals surface area contributed by atoms with E-state index in [0.29, 0.717) is 32.7 Å². The molecule has 0 aromatic carbocycles. The smallest absolute Gasteiger partial charge is 0.245 e. The molecule has 3 amide bonds. The van der Waals surface area contributed by atoms with E-state index < -0.39 is 35.1 Å². The number of morpholine rings is 1. The van der Waals surface area contributed by atoms with Gasteiger partial charge in [0.1, 0.15) is 11.6 Å². The monoisotopic (exact) mass is 480 g/mol. The van der Waals surface area contributed by atoms with Crippen molar-refractivity contribution in [3.63, 3.8) is 0 Å². The normalized spacial score (nSPS) is 38.3. The highest BCUT2D eigenvalue weighted by atomic mass is 16.5. The van der Waals surface area contributed by atoms with E-state index in [1.807, 2.05) is 27.7 Å². The number of nitrogens with one attached hydrogen (secondary N) is 2. The molecule has 4 fully saturated rings. The van der Waals surface area contributed by atoms with Crippen molar-refractivity contribution >= 4 is 17.7 Å². The van der Waals surface area contributed by atoms with Gasteiger partial charge in [0.25, 0.3) is 0 Å². The number of aliphatic hydroxyl groups is 1. The van der Waals surface area contributed by atoms with E-state index in [1.54, 1.807) is 7.05 Å². The number of fused-ring (bicyclic) bond motifs is 1. The Morgan fingerprint density at radius 2 is 1.91 bits per heavy atom. The van der Waals surface area contributed by atoms with E-state index in [1.165, 1.54) is 4.90 Å². The van der Waals surface area contributed by atoms with Crippen molar-refractivity contribution in [2.75, 3.05) is 53.0 Å². The Labute approximate surface area is 201 Å². The maximum absolute atomic E-state index is 13.9. The molecule has 4 saturated heterocycles. The first-order valence-electron chi connectivity index (χ1n) is 12.5. The van der Waals surface area contributed by atoms with E-state index in [-0.39, 0.29) is 36.2 Å². The van der Waals surface area contributed by atoms with Crippen molar-refractivity contribution in [1.82, 2.24) is 20.4 Å². The Bertz CT molecular complexity index is 817. The zero-order valence-electron chi connectivity index (χ0n) is 21.0. The van der Waals surface area contributed by atoms with Crippen molar-refractivity contribution in [2.45, 2.75) is 57.4 Å². The van der Waals surface area contributed by atoms with E-state index in [4.69, 9.17) is 9.47 Å². The molecular weight excluding hydrogens is 440 g/mol. The Kier molecular flexibility index (Phi) is 6.98. The van der Waals surface area contributed by atoms with Crippen molar-refractivity contribution in [1.29, 1.82) is 0 Å². The van der Waals surface area contributed by atoms with Gasteiger partial charge in [-0.15, -0.1) is 0 Å². The fourth-order valence-electron chi connectivity index (χ4n) is 6.77. The van der Waals surface area contributed by atoms with Gasteiger partial charge in [0.15, 0.2) is 0 Å². The van der Waals surface area contributed by atoms with Gasteiger partial charge in [0.05, 0.1) is 43.3 Å². The number of amides is 3. The van der Waals surface area contributed by atoms with Crippen molar-refractivity contribution in [3.05, 3.63) is 0 Å². The Hall–Kier alpha value is -1.75. The molecule has 7 atom stereocenters. The Morgan fingerprint density at radius 1 is 1.24 bits per heavy atom. The SMILES string of the molecule is CNC(=O)[C@@H]1[C@H]2C(=O)N([C@@H](CO)C(C)C)C(C(=O)NCCN3CCOCC3)C23CC(C)[C@@]1(C)O3. The van der Waals surface area contributed by atoms with Crippen molar-refractivity contribution < 1.29 is 29.0 Å². The van der Waals surface area contributed by atoms with Gasteiger partial charge in [-0.2, -0.15) is 0 Å². The highest BCUT2D eigenvalue weighted by molar-refractivity contribution is 5.99. The second kappa shape index (κ2) is 9.37. The third kappa shape index (κ3) is 3.73. The lowest BCUT2D eigenvalue weighted by molar-refractivity contribution is -0.151. The molecular formula is C24H40N4O6. The van der Waals surface area contributed by atoms with Gasteiger partial charge in [-0.05, 0) is 25.2 Å². The zero-order chi connectivity index (χ0) is 24.8. The quantitative estimate of drug-likeness (QED) is 0.416. The molecule has 10 nitrogen and oxygen atoms in total. The molecule has 0 aromatic heterocycles. The predicted octanol–water partition coefficient (Wildman–Crippen LogP) is -0.792. The minimum Gasteiger partial charge on any atom is -0.394 e. The number of hydrogen-bond donors (Lipinski definition) is 3. The molecule has 3 N–H and O–H groups in total. The van der Waals surface area contributed by atoms with E-state index in [0.717, 1.165) is 13.1 Å². The first-order valence-corrected chi connectivity index (χ1v) is 12.5. The van der Waals surface area contributed by atoms with Crippen LogP contribution in [0, 0.1) is 23.7 Å². The summed E-state index contributed by atoms with van der Waals surface area (Å²) in [6.45, 7) is 11.6. The van der Waals surface area contributed by atoms with Crippen LogP contribution in [0.3, 0.4) is 0 Å². The van der Waals surface area contributed by atoms with Gasteiger partial charge >= 0.3 is 0 Å². The number of ether oxygens (including phenoxy) is 2. The van der Waals surface area contributed by atoms with Crippen LogP contribution in [0.25, 0.3) is 0 Å². The number of aliphatic hydroxyl groups excluding tert-OH is 1. The average molecular weight is 481 g/mol. The first kappa shape index (κ1) is 25.3. The molecule has 4 aliphatic heterocycles. The second-order valence-electron chi connectivity index (χ2n) is 10.8. The summed E-state index contributed by atoms with van der Waals surface area (Å²) in [5.74, 6) is -2.31. The highest BCUT2D eigenvalue weighted by Gasteiger charge is 2.80. The third-order valence-electron chi connectivity index (χ3n) is 8.67. The summed E-state index contributed by atoms with van der Waals surface area (Å²) < 4.78 is 12.0. The summed E-state index contributed by atoms with van der Waals surface area (Å²) in [7, 11) is 1.56. The maximum atomic E-state index is 13.9. The number of likely N-dealkylation sites (tertiary alicyclic amines) is 1. The van der Waals surface area contributed by atoms with Gasteiger partial charge in [0.2, 0.25) is 17.7 Å². The van der Waals surface area contributed by atoms with Crippen LogP contribution in [-0.2, 0) is 23.9 Å². The first-order chi connectivity index (χ1) is 16.1. The Balaban J connectivity index is 1.66. The number of carbonyl (C=O) groups is 3. The predicted molar refractivity (Wildman–Crippen MR) is 124 cm³/mol. The number of carbonyl (C=O) groups excluding carboxylic acids is 3. The van der Waals surface area contributed by atoms with Gasteiger partial charge in [-0.1, -0.05) is 20.8 Å². The van der Waals surface area contributed by atoms with E-state index in [2.05, 4.69) is 15.5 Å². The number of hydrogen-bond acceptors (Lipinski definition) is 7. The van der Waals surface area contributed by atoms with Crippen LogP contribution in [0.15, 0.2) is 0 Å². The third-order valence-corrected chi connectivity index (χ3v) is 8.67. The molecule has 0 aromatic rings. The van der Waals surface area contributed by atoms with Crippen LogP contribution in [0.5, 0.6) is 0 Å². The largest absolute Gasteiger partial charge is 0.394 e. The molecule has 0 radical (unpaired) electrons. The van der Waals surface area contributed by atoms with Crippen LogP contribution < -0.4 is 10.6 Å². The summed E-state index contributed by atoms with van der Waals surface area (Å²) in [4.78, 5) is 44.5. The van der Waals surface area contributed by atoms with Crippen LogP contribution >= 0.6 is 0 Å². The van der Waals surface area contributed by atoms with Crippen LogP contribution in [-0.4, -0.2) is 109 Å². The molecule has 2 bridgehead atoms. The second-order valence-corrected chi connectivity index (χ2v) is 10.8. The van der Waals surface area contributed by atoms with Gasteiger partial charge < -0.3 is 30.1 Å². The molecule has 0 aliphatic carbocycles. The topological polar surface area (TPSA) is 120 Å². The lowest BCUT2D eigenvalue weighted by Crippen LogP contribution is -2.59. The van der Waals surface area contributed by atoms with Gasteiger partial charge in [-0.25, -0.2) is 0 Å². The molecule has 3 unspecified atom stereocenters. The average Bonchev–Trinajstić information content (AvgIpc) is 3.31.